The number of fused-ring (bicyclic) bond motifs is 1. The first kappa shape index (κ1) is 19.4. The molecule has 2 nitrogen and oxygen atoms in total. The molecule has 1 N–H and O–H groups in total. The van der Waals surface area contributed by atoms with Crippen LogP contribution in [0.15, 0.2) is 0 Å². The van der Waals surface area contributed by atoms with Crippen molar-refractivity contribution in [1.29, 1.82) is 0 Å². The fraction of sp³-hybridized carbons (Fsp3) is 0.647. The van der Waals surface area contributed by atoms with E-state index in [1.165, 1.54) is 0 Å². The van der Waals surface area contributed by atoms with Gasteiger partial charge in [-0.25, -0.2) is 17.6 Å². The van der Waals surface area contributed by atoms with Gasteiger partial charge in [-0.3, -0.25) is 5.32 Å². The topological polar surface area (TPSA) is 21.3 Å². The van der Waals surface area contributed by atoms with Crippen LogP contribution in [0.5, 0.6) is 0 Å². The predicted octanol–water partition coefficient (Wildman–Crippen LogP) is 4.63. The van der Waals surface area contributed by atoms with Gasteiger partial charge in [0.2, 0.25) is 8.32 Å². The van der Waals surface area contributed by atoms with E-state index in [-0.39, 0.29) is 21.8 Å². The van der Waals surface area contributed by atoms with Gasteiger partial charge in [0, 0.05) is 16.3 Å². The summed E-state index contributed by atoms with van der Waals surface area (Å²) < 4.78 is 63.3. The van der Waals surface area contributed by atoms with Gasteiger partial charge in [-0.1, -0.05) is 27.7 Å². The highest BCUT2D eigenvalue weighted by molar-refractivity contribution is 6.90. The van der Waals surface area contributed by atoms with Crippen molar-refractivity contribution in [3.05, 3.63) is 28.8 Å². The second kappa shape index (κ2) is 6.11. The first-order valence-electron chi connectivity index (χ1n) is 8.16. The highest BCUT2D eigenvalue weighted by atomic mass is 28.4. The van der Waals surface area contributed by atoms with Crippen molar-refractivity contribution in [3.8, 4) is 0 Å². The van der Waals surface area contributed by atoms with Crippen LogP contribution in [-0.2, 0) is 4.43 Å². The minimum Gasteiger partial charge on any atom is -0.392 e. The number of hydrogen-bond donors (Lipinski definition) is 1. The Morgan fingerprint density at radius 1 is 0.875 bits per heavy atom. The summed E-state index contributed by atoms with van der Waals surface area (Å²) in [6.45, 7) is 13.0. The molecule has 0 saturated heterocycles. The molecule has 0 amide bonds. The van der Waals surface area contributed by atoms with Gasteiger partial charge in [0.15, 0.2) is 23.3 Å². The SMILES string of the molecule is CC(C)[Si]1(C(C)C)OC(NC(C)(C)C)c2c(F)c(F)c(F)c(F)c21. The fourth-order valence-corrected chi connectivity index (χ4v) is 8.43. The number of benzene rings is 1. The maximum atomic E-state index is 14.7. The van der Waals surface area contributed by atoms with Crippen LogP contribution in [0, 0.1) is 23.3 Å². The Labute approximate surface area is 141 Å². The first-order valence-corrected chi connectivity index (χ1v) is 10.2. The van der Waals surface area contributed by atoms with Crippen LogP contribution < -0.4 is 10.5 Å². The van der Waals surface area contributed by atoms with Crippen molar-refractivity contribution in [2.24, 2.45) is 0 Å². The van der Waals surface area contributed by atoms with Crippen LogP contribution in [0.3, 0.4) is 0 Å². The molecular weight excluding hydrogens is 338 g/mol. The van der Waals surface area contributed by atoms with Crippen LogP contribution >= 0.6 is 0 Å². The van der Waals surface area contributed by atoms with E-state index in [9.17, 15) is 17.6 Å². The summed E-state index contributed by atoms with van der Waals surface area (Å²) in [6, 6.07) is 0. The normalized spacial score (nSPS) is 20.1. The molecule has 0 aliphatic carbocycles. The largest absolute Gasteiger partial charge is 0.392 e. The van der Waals surface area contributed by atoms with E-state index in [0.29, 0.717) is 0 Å². The van der Waals surface area contributed by atoms with E-state index in [1.807, 2.05) is 48.5 Å². The highest BCUT2D eigenvalue weighted by Crippen LogP contribution is 2.45. The smallest absolute Gasteiger partial charge is 0.235 e. The molecule has 0 saturated carbocycles. The van der Waals surface area contributed by atoms with Crippen LogP contribution in [0.2, 0.25) is 11.1 Å². The van der Waals surface area contributed by atoms with Crippen LogP contribution in [0.4, 0.5) is 17.6 Å². The molecule has 24 heavy (non-hydrogen) atoms. The van der Waals surface area contributed by atoms with Gasteiger partial charge in [-0.05, 0) is 31.9 Å². The van der Waals surface area contributed by atoms with Gasteiger partial charge >= 0.3 is 0 Å². The zero-order chi connectivity index (χ0) is 18.6. The maximum absolute atomic E-state index is 14.7. The van der Waals surface area contributed by atoms with Gasteiger partial charge < -0.3 is 4.43 Å². The van der Waals surface area contributed by atoms with Crippen LogP contribution in [-0.4, -0.2) is 13.9 Å². The van der Waals surface area contributed by atoms with Crippen molar-refractivity contribution in [2.45, 2.75) is 71.3 Å². The molecule has 1 aromatic carbocycles. The van der Waals surface area contributed by atoms with Crippen LogP contribution in [0.25, 0.3) is 0 Å². The van der Waals surface area contributed by atoms with Gasteiger partial charge in [-0.15, -0.1) is 0 Å². The molecule has 0 fully saturated rings. The Morgan fingerprint density at radius 2 is 1.33 bits per heavy atom. The van der Waals surface area contributed by atoms with Gasteiger partial charge in [0.25, 0.3) is 0 Å². The number of nitrogens with one attached hydrogen (secondary N) is 1. The molecule has 1 aliphatic rings. The lowest BCUT2D eigenvalue weighted by Crippen LogP contribution is -2.55. The third kappa shape index (κ3) is 2.80. The molecule has 7 heteroatoms. The molecule has 0 radical (unpaired) electrons. The van der Waals surface area contributed by atoms with E-state index >= 15 is 0 Å². The Balaban J connectivity index is 2.83. The molecule has 0 bridgehead atoms. The number of halogens is 4. The zero-order valence-electron chi connectivity index (χ0n) is 15.2. The first-order chi connectivity index (χ1) is 10.8. The van der Waals surface area contributed by atoms with Crippen molar-refractivity contribution >= 4 is 13.5 Å². The second-order valence-corrected chi connectivity index (χ2v) is 12.7. The molecule has 1 atom stereocenters. The van der Waals surface area contributed by atoms with Crippen molar-refractivity contribution < 1.29 is 22.0 Å². The van der Waals surface area contributed by atoms with Crippen molar-refractivity contribution in [3.63, 3.8) is 0 Å². The summed E-state index contributed by atoms with van der Waals surface area (Å²) in [7, 11) is -3.08. The van der Waals surface area contributed by atoms with E-state index in [4.69, 9.17) is 4.43 Å². The molecule has 136 valence electrons. The van der Waals surface area contributed by atoms with Gasteiger partial charge in [-0.2, -0.15) is 0 Å². The molecule has 2 rings (SSSR count). The third-order valence-corrected chi connectivity index (χ3v) is 9.88. The standard InChI is InChI=1S/C17H25F4NOSi/c1-8(2)24(9(3)4)15-10(16(23-24)22-17(5,6)7)11(18)12(19)13(20)14(15)21/h8-9,16,22H,1-7H3. The van der Waals surface area contributed by atoms with E-state index < -0.39 is 43.4 Å². The summed E-state index contributed by atoms with van der Waals surface area (Å²) in [6.07, 6.45) is -0.999. The molecule has 0 spiro atoms. The lowest BCUT2D eigenvalue weighted by atomic mass is 10.1. The minimum atomic E-state index is -3.08. The van der Waals surface area contributed by atoms with E-state index in [2.05, 4.69) is 5.32 Å². The van der Waals surface area contributed by atoms with E-state index in [0.717, 1.165) is 0 Å². The highest BCUT2D eigenvalue weighted by Gasteiger charge is 2.57. The Kier molecular flexibility index (Phi) is 4.94. The van der Waals surface area contributed by atoms with Crippen molar-refractivity contribution in [2.75, 3.05) is 0 Å². The third-order valence-electron chi connectivity index (χ3n) is 4.55. The average molecular weight is 363 g/mol. The maximum Gasteiger partial charge on any atom is 0.235 e. The summed E-state index contributed by atoms with van der Waals surface area (Å²) in [4.78, 5) is 0. The molecule has 1 aromatic rings. The lowest BCUT2D eigenvalue weighted by Gasteiger charge is -2.36. The Morgan fingerprint density at radius 3 is 1.75 bits per heavy atom. The second-order valence-electron chi connectivity index (χ2n) is 8.04. The molecular formula is C17H25F4NOSi. The van der Waals surface area contributed by atoms with Gasteiger partial charge in [0.05, 0.1) is 0 Å². The molecule has 0 aromatic heterocycles. The summed E-state index contributed by atoms with van der Waals surface area (Å²) >= 11 is 0. The summed E-state index contributed by atoms with van der Waals surface area (Å²) in [5, 5.41) is 2.99. The summed E-state index contributed by atoms with van der Waals surface area (Å²) in [5.74, 6) is -6.21. The molecule has 1 heterocycles. The average Bonchev–Trinajstić information content (AvgIpc) is 2.77. The Hall–Kier alpha value is -0.923. The summed E-state index contributed by atoms with van der Waals surface area (Å²) in [5.41, 5.74) is -0.965. The Bertz CT molecular complexity index is 647. The zero-order valence-corrected chi connectivity index (χ0v) is 16.2. The molecule has 1 unspecified atom stereocenters. The predicted molar refractivity (Wildman–Crippen MR) is 88.6 cm³/mol. The fourth-order valence-electron chi connectivity index (χ4n) is 3.60. The quantitative estimate of drug-likeness (QED) is 0.366. The number of hydrogen-bond acceptors (Lipinski definition) is 2. The monoisotopic (exact) mass is 363 g/mol. The lowest BCUT2D eigenvalue weighted by molar-refractivity contribution is 0.126. The minimum absolute atomic E-state index is 0.0781. The van der Waals surface area contributed by atoms with Crippen molar-refractivity contribution in [1.82, 2.24) is 5.32 Å². The number of rotatable bonds is 3. The van der Waals surface area contributed by atoms with Crippen LogP contribution in [0.1, 0.15) is 60.3 Å². The van der Waals surface area contributed by atoms with Gasteiger partial charge in [0.1, 0.15) is 6.23 Å². The molecule has 1 aliphatic heterocycles. The van der Waals surface area contributed by atoms with E-state index in [1.54, 1.807) is 0 Å².